The first-order valence-corrected chi connectivity index (χ1v) is 7.18. The van der Waals surface area contributed by atoms with Crippen molar-refractivity contribution in [3.8, 4) is 0 Å². The van der Waals surface area contributed by atoms with Crippen LogP contribution in [0, 0.1) is 0 Å². The van der Waals surface area contributed by atoms with Gasteiger partial charge in [0.05, 0.1) is 0 Å². The SMILES string of the molecule is NNc1cc(NC2CCCCCCC2)nc(C(F)(F)F)n1. The minimum absolute atomic E-state index is 0.0503. The first kappa shape index (κ1) is 15.8. The smallest absolute Gasteiger partial charge is 0.367 e. The Bertz CT molecular complexity index is 456. The summed E-state index contributed by atoms with van der Waals surface area (Å²) in [5, 5.41) is 3.09. The van der Waals surface area contributed by atoms with E-state index >= 15 is 0 Å². The van der Waals surface area contributed by atoms with E-state index in [9.17, 15) is 13.2 Å². The van der Waals surface area contributed by atoms with Gasteiger partial charge in [0.25, 0.3) is 0 Å². The number of nitrogens with two attached hydrogens (primary N) is 1. The summed E-state index contributed by atoms with van der Waals surface area (Å²) in [4.78, 5) is 6.90. The molecule has 1 fully saturated rings. The highest BCUT2D eigenvalue weighted by Crippen LogP contribution is 2.29. The highest BCUT2D eigenvalue weighted by molar-refractivity contribution is 5.47. The number of aromatic nitrogens is 2. The quantitative estimate of drug-likeness (QED) is 0.590. The van der Waals surface area contributed by atoms with Crippen LogP contribution >= 0.6 is 0 Å². The van der Waals surface area contributed by atoms with Gasteiger partial charge < -0.3 is 10.7 Å². The Balaban J connectivity index is 2.14. The summed E-state index contributed by atoms with van der Waals surface area (Å²) < 4.78 is 38.3. The van der Waals surface area contributed by atoms with Crippen LogP contribution in [-0.4, -0.2) is 16.0 Å². The number of hydrogen-bond donors (Lipinski definition) is 3. The Labute approximate surface area is 121 Å². The topological polar surface area (TPSA) is 75.9 Å². The molecule has 1 aromatic heterocycles. The molecule has 0 spiro atoms. The molecule has 0 aromatic carbocycles. The van der Waals surface area contributed by atoms with E-state index in [4.69, 9.17) is 5.84 Å². The molecule has 1 heterocycles. The van der Waals surface area contributed by atoms with Gasteiger partial charge in [-0.05, 0) is 12.8 Å². The third-order valence-electron chi connectivity index (χ3n) is 3.58. The van der Waals surface area contributed by atoms with Gasteiger partial charge >= 0.3 is 6.18 Å². The number of hydrogen-bond acceptors (Lipinski definition) is 5. The summed E-state index contributed by atoms with van der Waals surface area (Å²) in [5.41, 5.74) is 2.15. The third-order valence-corrected chi connectivity index (χ3v) is 3.58. The van der Waals surface area contributed by atoms with E-state index in [-0.39, 0.29) is 17.7 Å². The summed E-state index contributed by atoms with van der Waals surface area (Å²) in [6.07, 6.45) is 3.03. The molecule has 5 nitrogen and oxygen atoms in total. The van der Waals surface area contributed by atoms with E-state index in [0.717, 1.165) is 25.7 Å². The molecular formula is C13H20F3N5. The normalized spacial score (nSPS) is 17.9. The van der Waals surface area contributed by atoms with E-state index in [2.05, 4.69) is 20.7 Å². The van der Waals surface area contributed by atoms with Crippen LogP contribution in [0.4, 0.5) is 24.8 Å². The van der Waals surface area contributed by atoms with Gasteiger partial charge in [-0.3, -0.25) is 0 Å². The summed E-state index contributed by atoms with van der Waals surface area (Å²) in [6, 6.07) is 1.54. The zero-order valence-electron chi connectivity index (χ0n) is 11.7. The monoisotopic (exact) mass is 303 g/mol. The number of anilines is 2. The minimum Gasteiger partial charge on any atom is -0.367 e. The molecule has 0 amide bonds. The Morgan fingerprint density at radius 2 is 1.57 bits per heavy atom. The van der Waals surface area contributed by atoms with Crippen LogP contribution in [0.15, 0.2) is 6.07 Å². The van der Waals surface area contributed by atoms with Gasteiger partial charge in [0, 0.05) is 12.1 Å². The van der Waals surface area contributed by atoms with Crippen LogP contribution in [0.25, 0.3) is 0 Å². The van der Waals surface area contributed by atoms with Gasteiger partial charge in [-0.2, -0.15) is 13.2 Å². The number of nitrogen functional groups attached to an aromatic ring is 1. The molecule has 0 aliphatic heterocycles. The molecule has 4 N–H and O–H groups in total. The Morgan fingerprint density at radius 3 is 2.14 bits per heavy atom. The molecule has 0 bridgehead atoms. The van der Waals surface area contributed by atoms with Crippen molar-refractivity contribution < 1.29 is 13.2 Å². The standard InChI is InChI=1S/C13H20F3N5/c14-13(15,16)12-19-10(8-11(20-12)21-17)18-9-6-4-2-1-3-5-7-9/h8-9H,1-7,17H2,(H2,18,19,20,21). The van der Waals surface area contributed by atoms with Crippen molar-refractivity contribution in [1.29, 1.82) is 0 Å². The predicted octanol–water partition coefficient (Wildman–Crippen LogP) is 3.31. The molecule has 0 radical (unpaired) electrons. The molecule has 0 unspecified atom stereocenters. The molecule has 1 saturated carbocycles. The van der Waals surface area contributed by atoms with Crippen molar-refractivity contribution in [2.45, 2.75) is 57.2 Å². The molecular weight excluding hydrogens is 283 g/mol. The number of alkyl halides is 3. The van der Waals surface area contributed by atoms with Crippen molar-refractivity contribution in [1.82, 2.24) is 9.97 Å². The van der Waals surface area contributed by atoms with Crippen LogP contribution in [0.2, 0.25) is 0 Å². The van der Waals surface area contributed by atoms with Gasteiger partial charge in [0.2, 0.25) is 5.82 Å². The highest BCUT2D eigenvalue weighted by Gasteiger charge is 2.35. The second-order valence-corrected chi connectivity index (χ2v) is 5.29. The number of hydrazine groups is 1. The van der Waals surface area contributed by atoms with E-state index in [0.29, 0.717) is 0 Å². The lowest BCUT2D eigenvalue weighted by Gasteiger charge is -2.22. The van der Waals surface area contributed by atoms with Crippen molar-refractivity contribution in [3.63, 3.8) is 0 Å². The maximum Gasteiger partial charge on any atom is 0.451 e. The highest BCUT2D eigenvalue weighted by atomic mass is 19.4. The maximum absolute atomic E-state index is 12.8. The van der Waals surface area contributed by atoms with Gasteiger partial charge in [0.15, 0.2) is 0 Å². The van der Waals surface area contributed by atoms with Gasteiger partial charge in [-0.25, -0.2) is 15.8 Å². The largest absolute Gasteiger partial charge is 0.451 e. The lowest BCUT2D eigenvalue weighted by Crippen LogP contribution is -2.23. The van der Waals surface area contributed by atoms with Crippen LogP contribution in [-0.2, 0) is 6.18 Å². The average molecular weight is 303 g/mol. The number of rotatable bonds is 3. The van der Waals surface area contributed by atoms with Crippen LogP contribution in [0.3, 0.4) is 0 Å². The van der Waals surface area contributed by atoms with Crippen LogP contribution in [0.5, 0.6) is 0 Å². The second-order valence-electron chi connectivity index (χ2n) is 5.29. The van der Waals surface area contributed by atoms with Crippen molar-refractivity contribution in [2.24, 2.45) is 5.84 Å². The number of nitrogens with zero attached hydrogens (tertiary/aromatic N) is 2. The molecule has 0 atom stereocenters. The van der Waals surface area contributed by atoms with Gasteiger partial charge in [0.1, 0.15) is 11.6 Å². The third kappa shape index (κ3) is 4.73. The van der Waals surface area contributed by atoms with Crippen LogP contribution in [0.1, 0.15) is 50.8 Å². The lowest BCUT2D eigenvalue weighted by atomic mass is 9.97. The first-order valence-electron chi connectivity index (χ1n) is 7.18. The zero-order valence-corrected chi connectivity index (χ0v) is 11.7. The van der Waals surface area contributed by atoms with E-state index in [1.165, 1.54) is 25.3 Å². The van der Waals surface area contributed by atoms with E-state index in [1.807, 2.05) is 0 Å². The fourth-order valence-electron chi connectivity index (χ4n) is 2.53. The van der Waals surface area contributed by atoms with E-state index in [1.54, 1.807) is 0 Å². The summed E-state index contributed by atoms with van der Waals surface area (Å²) in [6.45, 7) is 0. The fraction of sp³-hybridized carbons (Fsp3) is 0.692. The summed E-state index contributed by atoms with van der Waals surface area (Å²) in [5.74, 6) is 4.10. The molecule has 21 heavy (non-hydrogen) atoms. The Hall–Kier alpha value is -1.57. The van der Waals surface area contributed by atoms with Crippen molar-refractivity contribution >= 4 is 11.6 Å². The Kier molecular flexibility index (Phi) is 5.22. The fourth-order valence-corrected chi connectivity index (χ4v) is 2.53. The summed E-state index contributed by atoms with van der Waals surface area (Å²) >= 11 is 0. The average Bonchev–Trinajstić information content (AvgIpc) is 2.40. The Morgan fingerprint density at radius 1 is 1.00 bits per heavy atom. The van der Waals surface area contributed by atoms with Crippen LogP contribution < -0.4 is 16.6 Å². The van der Waals surface area contributed by atoms with Gasteiger partial charge in [-0.1, -0.05) is 32.1 Å². The second kappa shape index (κ2) is 6.93. The summed E-state index contributed by atoms with van der Waals surface area (Å²) in [7, 11) is 0. The molecule has 1 aliphatic carbocycles. The molecule has 2 rings (SSSR count). The van der Waals surface area contributed by atoms with Gasteiger partial charge in [-0.15, -0.1) is 0 Å². The zero-order chi connectivity index (χ0) is 15.3. The van der Waals surface area contributed by atoms with Crippen molar-refractivity contribution in [2.75, 3.05) is 10.7 Å². The maximum atomic E-state index is 12.8. The number of nitrogens with one attached hydrogen (secondary N) is 2. The lowest BCUT2D eigenvalue weighted by molar-refractivity contribution is -0.144. The van der Waals surface area contributed by atoms with Crippen molar-refractivity contribution in [3.05, 3.63) is 11.9 Å². The van der Waals surface area contributed by atoms with E-state index < -0.39 is 12.0 Å². The molecule has 8 heteroatoms. The first-order chi connectivity index (χ1) is 9.99. The minimum atomic E-state index is -4.59. The predicted molar refractivity (Wildman–Crippen MR) is 74.6 cm³/mol. The molecule has 1 aliphatic rings. The molecule has 118 valence electrons. The number of halogens is 3. The molecule has 0 saturated heterocycles. The molecule has 1 aromatic rings.